The molecular formula is C16H16N2O2S. The highest BCUT2D eigenvalue weighted by Gasteiger charge is 2.27. The summed E-state index contributed by atoms with van der Waals surface area (Å²) in [6.45, 7) is -0.135. The van der Waals surface area contributed by atoms with Crippen LogP contribution < -0.4 is 5.73 Å². The van der Waals surface area contributed by atoms with Crippen LogP contribution in [-0.4, -0.2) is 22.5 Å². The SMILES string of the molecule is NC(CO)(CSc1nc2ccccc2o1)c1ccccc1. The topological polar surface area (TPSA) is 72.3 Å². The molecule has 1 aromatic heterocycles. The Morgan fingerprint density at radius 3 is 2.52 bits per heavy atom. The summed E-state index contributed by atoms with van der Waals surface area (Å²) in [6, 6.07) is 17.2. The van der Waals surface area contributed by atoms with Gasteiger partial charge in [-0.05, 0) is 17.7 Å². The number of fused-ring (bicyclic) bond motifs is 1. The standard InChI is InChI=1S/C16H16N2O2S/c17-16(10-19,12-6-2-1-3-7-12)11-21-15-18-13-8-4-5-9-14(13)20-15/h1-9,19H,10-11,17H2. The molecule has 0 spiro atoms. The van der Waals surface area contributed by atoms with Gasteiger partial charge in [-0.1, -0.05) is 54.2 Å². The third-order valence-corrected chi connectivity index (χ3v) is 4.44. The lowest BCUT2D eigenvalue weighted by Crippen LogP contribution is -2.43. The van der Waals surface area contributed by atoms with Gasteiger partial charge in [0, 0.05) is 5.75 Å². The van der Waals surface area contributed by atoms with Gasteiger partial charge in [-0.2, -0.15) is 0 Å². The van der Waals surface area contributed by atoms with E-state index >= 15 is 0 Å². The maximum atomic E-state index is 9.67. The van der Waals surface area contributed by atoms with E-state index < -0.39 is 5.54 Å². The van der Waals surface area contributed by atoms with Crippen molar-refractivity contribution >= 4 is 22.9 Å². The third-order valence-electron chi connectivity index (χ3n) is 3.36. The fourth-order valence-electron chi connectivity index (χ4n) is 2.09. The first kappa shape index (κ1) is 14.1. The lowest BCUT2D eigenvalue weighted by Gasteiger charge is -2.26. The molecule has 108 valence electrons. The molecule has 5 heteroatoms. The summed E-state index contributed by atoms with van der Waals surface area (Å²) in [4.78, 5) is 4.40. The number of aliphatic hydroxyl groups is 1. The van der Waals surface area contributed by atoms with Gasteiger partial charge in [-0.15, -0.1) is 0 Å². The summed E-state index contributed by atoms with van der Waals surface area (Å²) >= 11 is 1.41. The number of hydrogen-bond acceptors (Lipinski definition) is 5. The minimum atomic E-state index is -0.813. The molecule has 2 aromatic carbocycles. The fourth-order valence-corrected chi connectivity index (χ4v) is 3.04. The van der Waals surface area contributed by atoms with Crippen molar-refractivity contribution < 1.29 is 9.52 Å². The minimum absolute atomic E-state index is 0.135. The van der Waals surface area contributed by atoms with Crippen LogP contribution in [0.4, 0.5) is 0 Å². The zero-order chi connectivity index (χ0) is 14.7. The predicted octanol–water partition coefficient (Wildman–Crippen LogP) is 2.77. The van der Waals surface area contributed by atoms with Gasteiger partial charge in [0.2, 0.25) is 0 Å². The normalized spacial score (nSPS) is 14.2. The molecule has 0 saturated heterocycles. The van der Waals surface area contributed by atoms with Crippen LogP contribution in [-0.2, 0) is 5.54 Å². The number of aliphatic hydroxyl groups excluding tert-OH is 1. The summed E-state index contributed by atoms with van der Waals surface area (Å²) in [5.74, 6) is 0.486. The smallest absolute Gasteiger partial charge is 0.256 e. The number of para-hydroxylation sites is 2. The predicted molar refractivity (Wildman–Crippen MR) is 84.1 cm³/mol. The first-order chi connectivity index (χ1) is 10.2. The highest BCUT2D eigenvalue weighted by atomic mass is 32.2. The molecule has 0 bridgehead atoms. The number of nitrogens with zero attached hydrogens (tertiary/aromatic N) is 1. The van der Waals surface area contributed by atoms with Crippen LogP contribution in [0.5, 0.6) is 0 Å². The van der Waals surface area contributed by atoms with Gasteiger partial charge < -0.3 is 15.3 Å². The van der Waals surface area contributed by atoms with Crippen LogP contribution in [0, 0.1) is 0 Å². The second-order valence-electron chi connectivity index (χ2n) is 4.92. The zero-order valence-electron chi connectivity index (χ0n) is 11.4. The lowest BCUT2D eigenvalue weighted by atomic mass is 9.94. The Balaban J connectivity index is 1.78. The maximum Gasteiger partial charge on any atom is 0.256 e. The highest BCUT2D eigenvalue weighted by Crippen LogP contribution is 2.29. The first-order valence-electron chi connectivity index (χ1n) is 6.65. The Bertz CT molecular complexity index is 696. The molecule has 0 aliphatic rings. The Kier molecular flexibility index (Phi) is 3.96. The van der Waals surface area contributed by atoms with E-state index in [1.165, 1.54) is 11.8 Å². The van der Waals surface area contributed by atoms with Crippen molar-refractivity contribution in [2.75, 3.05) is 12.4 Å². The van der Waals surface area contributed by atoms with Crippen LogP contribution in [0.1, 0.15) is 5.56 Å². The van der Waals surface area contributed by atoms with Gasteiger partial charge in [0.25, 0.3) is 5.22 Å². The average molecular weight is 300 g/mol. The van der Waals surface area contributed by atoms with Crippen molar-refractivity contribution in [3.63, 3.8) is 0 Å². The molecule has 0 amide bonds. The number of hydrogen-bond donors (Lipinski definition) is 2. The first-order valence-corrected chi connectivity index (χ1v) is 7.63. The maximum absolute atomic E-state index is 9.67. The molecule has 21 heavy (non-hydrogen) atoms. The second-order valence-corrected chi connectivity index (χ2v) is 5.84. The Labute approximate surface area is 127 Å². The molecule has 0 fully saturated rings. The molecule has 3 rings (SSSR count). The van der Waals surface area contributed by atoms with E-state index in [0.717, 1.165) is 16.7 Å². The van der Waals surface area contributed by atoms with E-state index in [2.05, 4.69) is 4.98 Å². The number of benzene rings is 2. The summed E-state index contributed by atoms with van der Waals surface area (Å²) in [6.07, 6.45) is 0. The second kappa shape index (κ2) is 5.89. The van der Waals surface area contributed by atoms with Crippen molar-refractivity contribution in [2.45, 2.75) is 10.8 Å². The van der Waals surface area contributed by atoms with E-state index in [1.807, 2.05) is 54.6 Å². The lowest BCUT2D eigenvalue weighted by molar-refractivity contribution is 0.213. The summed E-state index contributed by atoms with van der Waals surface area (Å²) < 4.78 is 5.66. The summed E-state index contributed by atoms with van der Waals surface area (Å²) in [7, 11) is 0. The van der Waals surface area contributed by atoms with Crippen molar-refractivity contribution in [1.29, 1.82) is 0 Å². The number of rotatable bonds is 5. The Hall–Kier alpha value is -1.82. The van der Waals surface area contributed by atoms with E-state index in [4.69, 9.17) is 10.2 Å². The average Bonchev–Trinajstić information content (AvgIpc) is 2.96. The van der Waals surface area contributed by atoms with E-state index in [0.29, 0.717) is 11.0 Å². The van der Waals surface area contributed by atoms with Gasteiger partial charge >= 0.3 is 0 Å². The third kappa shape index (κ3) is 2.95. The van der Waals surface area contributed by atoms with Gasteiger partial charge in [0.05, 0.1) is 12.1 Å². The Morgan fingerprint density at radius 2 is 1.81 bits per heavy atom. The van der Waals surface area contributed by atoms with Gasteiger partial charge in [-0.25, -0.2) is 4.98 Å². The zero-order valence-corrected chi connectivity index (χ0v) is 12.2. The molecule has 1 heterocycles. The highest BCUT2D eigenvalue weighted by molar-refractivity contribution is 7.99. The number of oxazole rings is 1. The van der Waals surface area contributed by atoms with Crippen LogP contribution >= 0.6 is 11.8 Å². The van der Waals surface area contributed by atoms with Crippen LogP contribution in [0.25, 0.3) is 11.1 Å². The monoisotopic (exact) mass is 300 g/mol. The van der Waals surface area contributed by atoms with Crippen molar-refractivity contribution in [3.05, 3.63) is 60.2 Å². The Morgan fingerprint density at radius 1 is 1.10 bits per heavy atom. The van der Waals surface area contributed by atoms with Crippen LogP contribution in [0.2, 0.25) is 0 Å². The number of nitrogens with two attached hydrogens (primary N) is 1. The molecule has 0 aliphatic carbocycles. The number of thioether (sulfide) groups is 1. The van der Waals surface area contributed by atoms with Crippen LogP contribution in [0.3, 0.4) is 0 Å². The largest absolute Gasteiger partial charge is 0.431 e. The molecule has 0 radical (unpaired) electrons. The molecule has 1 atom stereocenters. The van der Waals surface area contributed by atoms with E-state index in [1.54, 1.807) is 0 Å². The summed E-state index contributed by atoms with van der Waals surface area (Å²) in [5, 5.41) is 10.2. The molecule has 3 N–H and O–H groups in total. The molecule has 1 unspecified atom stereocenters. The fraction of sp³-hybridized carbons (Fsp3) is 0.188. The molecule has 0 saturated carbocycles. The van der Waals surface area contributed by atoms with Crippen molar-refractivity contribution in [1.82, 2.24) is 4.98 Å². The van der Waals surface area contributed by atoms with Gasteiger partial charge in [-0.3, -0.25) is 0 Å². The van der Waals surface area contributed by atoms with E-state index in [9.17, 15) is 5.11 Å². The van der Waals surface area contributed by atoms with Crippen molar-refractivity contribution in [2.24, 2.45) is 5.73 Å². The molecular weight excluding hydrogens is 284 g/mol. The molecule has 4 nitrogen and oxygen atoms in total. The van der Waals surface area contributed by atoms with Crippen LogP contribution in [0.15, 0.2) is 64.2 Å². The van der Waals surface area contributed by atoms with Gasteiger partial charge in [0.15, 0.2) is 5.58 Å². The van der Waals surface area contributed by atoms with Gasteiger partial charge in [0.1, 0.15) is 5.52 Å². The quantitative estimate of drug-likeness (QED) is 0.709. The minimum Gasteiger partial charge on any atom is -0.431 e. The number of aromatic nitrogens is 1. The molecule has 0 aliphatic heterocycles. The van der Waals surface area contributed by atoms with E-state index in [-0.39, 0.29) is 6.61 Å². The molecule has 3 aromatic rings. The summed E-state index contributed by atoms with van der Waals surface area (Å²) in [5.41, 5.74) is 7.99. The van der Waals surface area contributed by atoms with Crippen molar-refractivity contribution in [3.8, 4) is 0 Å².